The van der Waals surface area contributed by atoms with Crippen LogP contribution in [0.4, 0.5) is 0 Å². The van der Waals surface area contributed by atoms with Gasteiger partial charge >= 0.3 is 7.12 Å². The lowest BCUT2D eigenvalue weighted by Gasteiger charge is -2.32. The number of carbonyl (C=O) groups is 1. The van der Waals surface area contributed by atoms with Gasteiger partial charge in [-0.1, -0.05) is 11.8 Å². The Bertz CT molecular complexity index is 556. The molecular weight excluding hydrogens is 253 g/mol. The van der Waals surface area contributed by atoms with Gasteiger partial charge in [-0.05, 0) is 33.8 Å². The highest BCUT2D eigenvalue weighted by molar-refractivity contribution is 6.62. The predicted octanol–water partition coefficient (Wildman–Crippen LogP) is 1.32. The Hall–Kier alpha value is -1.64. The molecule has 4 nitrogen and oxygen atoms in total. The first kappa shape index (κ1) is 14.8. The molecule has 2 rings (SSSR count). The molecule has 0 aliphatic carbocycles. The molecule has 1 aromatic rings. The van der Waals surface area contributed by atoms with Crippen molar-refractivity contribution >= 4 is 18.9 Å². The van der Waals surface area contributed by atoms with Crippen LogP contribution in [0.5, 0.6) is 0 Å². The van der Waals surface area contributed by atoms with Crippen LogP contribution in [0.15, 0.2) is 18.5 Å². The molecule has 1 aliphatic rings. The fourth-order valence-electron chi connectivity index (χ4n) is 1.83. The monoisotopic (exact) mass is 271 g/mol. The summed E-state index contributed by atoms with van der Waals surface area (Å²) in [5, 5.41) is 0. The van der Waals surface area contributed by atoms with Gasteiger partial charge in [0.2, 0.25) is 0 Å². The minimum absolute atomic E-state index is 0.223. The van der Waals surface area contributed by atoms with E-state index in [0.717, 1.165) is 17.3 Å². The smallest absolute Gasteiger partial charge is 0.399 e. The van der Waals surface area contributed by atoms with Crippen molar-refractivity contribution in [1.82, 2.24) is 4.98 Å². The van der Waals surface area contributed by atoms with Crippen LogP contribution in [0.3, 0.4) is 0 Å². The molecule has 1 fully saturated rings. The molecule has 20 heavy (non-hydrogen) atoms. The number of carbonyl (C=O) groups excluding carboxylic acids is 1. The SMILES string of the molecule is CC1(C)OB(c2cncc(C#CCC=O)c2)OC1(C)C. The van der Waals surface area contributed by atoms with Gasteiger partial charge in [-0.25, -0.2) is 0 Å². The van der Waals surface area contributed by atoms with Crippen LogP contribution in [0.1, 0.15) is 39.7 Å². The molecular formula is C15H18BNO3. The molecule has 1 aliphatic heterocycles. The van der Waals surface area contributed by atoms with Gasteiger partial charge < -0.3 is 14.1 Å². The minimum Gasteiger partial charge on any atom is -0.399 e. The minimum atomic E-state index is -0.444. The summed E-state index contributed by atoms with van der Waals surface area (Å²) in [6.45, 7) is 8.03. The van der Waals surface area contributed by atoms with Gasteiger partial charge in [0.15, 0.2) is 0 Å². The molecule has 0 radical (unpaired) electrons. The van der Waals surface area contributed by atoms with E-state index in [9.17, 15) is 4.79 Å². The molecule has 0 atom stereocenters. The zero-order valence-corrected chi connectivity index (χ0v) is 12.3. The lowest BCUT2D eigenvalue weighted by molar-refractivity contribution is -0.107. The Morgan fingerprint density at radius 3 is 2.50 bits per heavy atom. The predicted molar refractivity (Wildman–Crippen MR) is 77.5 cm³/mol. The molecule has 0 N–H and O–H groups in total. The summed E-state index contributed by atoms with van der Waals surface area (Å²) in [7, 11) is -0.444. The van der Waals surface area contributed by atoms with Crippen molar-refractivity contribution in [2.75, 3.05) is 0 Å². The van der Waals surface area contributed by atoms with Crippen LogP contribution in [0.2, 0.25) is 0 Å². The molecule has 0 unspecified atom stereocenters. The first-order chi connectivity index (χ1) is 9.36. The van der Waals surface area contributed by atoms with Crippen LogP contribution in [0.25, 0.3) is 0 Å². The number of hydrogen-bond acceptors (Lipinski definition) is 4. The Morgan fingerprint density at radius 2 is 1.90 bits per heavy atom. The summed E-state index contributed by atoms with van der Waals surface area (Å²) in [6.07, 6.45) is 4.37. The summed E-state index contributed by atoms with van der Waals surface area (Å²) >= 11 is 0. The number of hydrogen-bond donors (Lipinski definition) is 0. The van der Waals surface area contributed by atoms with Gasteiger partial charge in [0, 0.05) is 23.4 Å². The van der Waals surface area contributed by atoms with Crippen LogP contribution in [-0.4, -0.2) is 29.6 Å². The van der Waals surface area contributed by atoms with Crippen molar-refractivity contribution in [2.45, 2.75) is 45.3 Å². The van der Waals surface area contributed by atoms with Gasteiger partial charge in [0.1, 0.15) is 6.29 Å². The highest BCUT2D eigenvalue weighted by Gasteiger charge is 2.51. The largest absolute Gasteiger partial charge is 0.496 e. The zero-order chi connectivity index (χ0) is 14.8. The molecule has 0 saturated carbocycles. The molecule has 2 heterocycles. The van der Waals surface area contributed by atoms with E-state index in [2.05, 4.69) is 16.8 Å². The van der Waals surface area contributed by atoms with Gasteiger partial charge in [-0.15, -0.1) is 0 Å². The molecule has 0 amide bonds. The van der Waals surface area contributed by atoms with Gasteiger partial charge in [-0.3, -0.25) is 4.98 Å². The molecule has 0 spiro atoms. The summed E-state index contributed by atoms with van der Waals surface area (Å²) in [6, 6.07) is 1.88. The third-order valence-corrected chi connectivity index (χ3v) is 3.70. The van der Waals surface area contributed by atoms with Crippen molar-refractivity contribution in [2.24, 2.45) is 0 Å². The molecule has 1 saturated heterocycles. The number of rotatable bonds is 2. The molecule has 1 aromatic heterocycles. The topological polar surface area (TPSA) is 48.4 Å². The van der Waals surface area contributed by atoms with Crippen LogP contribution in [-0.2, 0) is 14.1 Å². The van der Waals surface area contributed by atoms with Crippen molar-refractivity contribution in [3.63, 3.8) is 0 Å². The van der Waals surface area contributed by atoms with Crippen LogP contribution >= 0.6 is 0 Å². The Morgan fingerprint density at radius 1 is 1.25 bits per heavy atom. The van der Waals surface area contributed by atoms with Crippen molar-refractivity contribution in [3.05, 3.63) is 24.0 Å². The first-order valence-corrected chi connectivity index (χ1v) is 6.59. The quantitative estimate of drug-likeness (QED) is 0.462. The van der Waals surface area contributed by atoms with Crippen LogP contribution in [0, 0.1) is 11.8 Å². The van der Waals surface area contributed by atoms with Gasteiger partial charge in [0.05, 0.1) is 17.6 Å². The maximum absolute atomic E-state index is 10.3. The van der Waals surface area contributed by atoms with E-state index in [1.54, 1.807) is 12.4 Å². The number of pyridine rings is 1. The normalized spacial score (nSPS) is 19.3. The first-order valence-electron chi connectivity index (χ1n) is 6.59. The highest BCUT2D eigenvalue weighted by atomic mass is 16.7. The number of aldehydes is 1. The fourth-order valence-corrected chi connectivity index (χ4v) is 1.83. The second kappa shape index (κ2) is 5.39. The maximum atomic E-state index is 10.3. The highest BCUT2D eigenvalue weighted by Crippen LogP contribution is 2.36. The summed E-state index contributed by atoms with van der Waals surface area (Å²) in [4.78, 5) is 14.4. The summed E-state index contributed by atoms with van der Waals surface area (Å²) in [5.41, 5.74) is 0.828. The van der Waals surface area contributed by atoms with E-state index >= 15 is 0 Å². The van der Waals surface area contributed by atoms with E-state index in [4.69, 9.17) is 9.31 Å². The van der Waals surface area contributed by atoms with E-state index in [-0.39, 0.29) is 17.6 Å². The Kier molecular flexibility index (Phi) is 3.98. The third-order valence-electron chi connectivity index (χ3n) is 3.70. The van der Waals surface area contributed by atoms with E-state index in [1.807, 2.05) is 33.8 Å². The van der Waals surface area contributed by atoms with E-state index < -0.39 is 7.12 Å². The van der Waals surface area contributed by atoms with Crippen molar-refractivity contribution < 1.29 is 14.1 Å². The van der Waals surface area contributed by atoms with Gasteiger partial charge in [0.25, 0.3) is 0 Å². The Labute approximate surface area is 120 Å². The molecule has 0 aromatic carbocycles. The zero-order valence-electron chi connectivity index (χ0n) is 12.3. The van der Waals surface area contributed by atoms with Crippen molar-refractivity contribution in [3.8, 4) is 11.8 Å². The molecule has 0 bridgehead atoms. The van der Waals surface area contributed by atoms with Gasteiger partial charge in [-0.2, -0.15) is 0 Å². The second-order valence-electron chi connectivity index (χ2n) is 5.77. The number of nitrogens with zero attached hydrogens (tertiary/aromatic N) is 1. The summed E-state index contributed by atoms with van der Waals surface area (Å²) in [5.74, 6) is 5.66. The fraction of sp³-hybridized carbons (Fsp3) is 0.467. The average molecular weight is 271 g/mol. The van der Waals surface area contributed by atoms with E-state index in [1.165, 1.54) is 0 Å². The standard InChI is InChI=1S/C15H18BNO3/c1-14(2)15(3,4)20-16(19-14)13-9-12(10-17-11-13)7-5-6-8-18/h8-11H,6H2,1-4H3. The second-order valence-corrected chi connectivity index (χ2v) is 5.77. The third kappa shape index (κ3) is 2.92. The van der Waals surface area contributed by atoms with E-state index in [0.29, 0.717) is 0 Å². The van der Waals surface area contributed by atoms with Crippen molar-refractivity contribution in [1.29, 1.82) is 0 Å². The lowest BCUT2D eigenvalue weighted by atomic mass is 9.80. The maximum Gasteiger partial charge on any atom is 0.496 e. The molecule has 5 heteroatoms. The van der Waals surface area contributed by atoms with Crippen LogP contribution < -0.4 is 5.46 Å². The number of aromatic nitrogens is 1. The molecule has 104 valence electrons. The lowest BCUT2D eigenvalue weighted by Crippen LogP contribution is -2.41. The average Bonchev–Trinajstić information content (AvgIpc) is 2.59. The Balaban J connectivity index is 2.21. The summed E-state index contributed by atoms with van der Waals surface area (Å²) < 4.78 is 11.9.